The Bertz CT molecular complexity index is 767. The van der Waals surface area contributed by atoms with E-state index in [1.165, 1.54) is 12.3 Å². The number of hydrogen-bond acceptors (Lipinski definition) is 3. The second-order valence-electron chi connectivity index (χ2n) is 5.60. The van der Waals surface area contributed by atoms with Gasteiger partial charge < -0.3 is 10.0 Å². The fourth-order valence-corrected chi connectivity index (χ4v) is 2.26. The SMILES string of the molecule is Cc1cn(-c2c(F)cccc2F)nc1C(=O)N(CC(=O)O)C(C)C. The number of rotatable bonds is 5. The Morgan fingerprint density at radius 3 is 2.38 bits per heavy atom. The molecule has 0 radical (unpaired) electrons. The molecule has 2 rings (SSSR count). The molecule has 0 aliphatic rings. The number of aromatic nitrogens is 2. The van der Waals surface area contributed by atoms with Gasteiger partial charge in [0.2, 0.25) is 0 Å². The number of carbonyl (C=O) groups is 2. The van der Waals surface area contributed by atoms with Crippen molar-refractivity contribution < 1.29 is 23.5 Å². The molecule has 1 amide bonds. The molecule has 1 heterocycles. The maximum Gasteiger partial charge on any atom is 0.323 e. The van der Waals surface area contributed by atoms with Gasteiger partial charge in [-0.15, -0.1) is 0 Å². The molecule has 0 aliphatic carbocycles. The molecule has 0 aliphatic heterocycles. The van der Waals surface area contributed by atoms with E-state index in [0.717, 1.165) is 21.7 Å². The number of nitrogens with zero attached hydrogens (tertiary/aromatic N) is 3. The zero-order chi connectivity index (χ0) is 18.0. The van der Waals surface area contributed by atoms with Crippen molar-refractivity contribution >= 4 is 11.9 Å². The van der Waals surface area contributed by atoms with Gasteiger partial charge in [-0.3, -0.25) is 9.59 Å². The number of amides is 1. The largest absolute Gasteiger partial charge is 0.480 e. The Hall–Kier alpha value is -2.77. The van der Waals surface area contributed by atoms with E-state index in [1.54, 1.807) is 20.8 Å². The number of para-hydroxylation sites is 1. The Labute approximate surface area is 137 Å². The summed E-state index contributed by atoms with van der Waals surface area (Å²) in [6, 6.07) is 3.02. The van der Waals surface area contributed by atoms with Crippen LogP contribution in [0.25, 0.3) is 5.69 Å². The first-order chi connectivity index (χ1) is 11.2. The molecular weight excluding hydrogens is 320 g/mol. The molecule has 0 spiro atoms. The van der Waals surface area contributed by atoms with Crippen LogP contribution in [-0.4, -0.2) is 44.3 Å². The van der Waals surface area contributed by atoms with Crippen LogP contribution in [0.5, 0.6) is 0 Å². The summed E-state index contributed by atoms with van der Waals surface area (Å²) in [5, 5.41) is 12.9. The zero-order valence-corrected chi connectivity index (χ0v) is 13.5. The summed E-state index contributed by atoms with van der Waals surface area (Å²) in [6.07, 6.45) is 1.33. The van der Waals surface area contributed by atoms with Gasteiger partial charge in [0.1, 0.15) is 12.2 Å². The molecule has 0 unspecified atom stereocenters. The van der Waals surface area contributed by atoms with Crippen LogP contribution < -0.4 is 0 Å². The van der Waals surface area contributed by atoms with Crippen LogP contribution in [0.4, 0.5) is 8.78 Å². The number of aryl methyl sites for hydroxylation is 1. The van der Waals surface area contributed by atoms with Gasteiger partial charge in [0.15, 0.2) is 17.3 Å². The predicted molar refractivity (Wildman–Crippen MR) is 82.0 cm³/mol. The Morgan fingerprint density at radius 1 is 1.29 bits per heavy atom. The van der Waals surface area contributed by atoms with E-state index in [9.17, 15) is 18.4 Å². The van der Waals surface area contributed by atoms with Crippen molar-refractivity contribution in [2.45, 2.75) is 26.8 Å². The lowest BCUT2D eigenvalue weighted by molar-refractivity contribution is -0.138. The monoisotopic (exact) mass is 337 g/mol. The zero-order valence-electron chi connectivity index (χ0n) is 13.5. The number of carboxylic acid groups (broad SMARTS) is 1. The second kappa shape index (κ2) is 6.77. The summed E-state index contributed by atoms with van der Waals surface area (Å²) in [5.74, 6) is -3.40. The molecule has 2 aromatic rings. The van der Waals surface area contributed by atoms with Gasteiger partial charge in [0, 0.05) is 17.8 Å². The second-order valence-corrected chi connectivity index (χ2v) is 5.60. The first-order valence-corrected chi connectivity index (χ1v) is 7.25. The lowest BCUT2D eigenvalue weighted by Gasteiger charge is -2.24. The van der Waals surface area contributed by atoms with Crippen LogP contribution in [0.2, 0.25) is 0 Å². The van der Waals surface area contributed by atoms with Gasteiger partial charge in [-0.25, -0.2) is 13.5 Å². The topological polar surface area (TPSA) is 75.4 Å². The smallest absolute Gasteiger partial charge is 0.323 e. The molecule has 0 saturated carbocycles. The van der Waals surface area contributed by atoms with Crippen molar-refractivity contribution in [3.63, 3.8) is 0 Å². The first-order valence-electron chi connectivity index (χ1n) is 7.25. The van der Waals surface area contributed by atoms with E-state index in [2.05, 4.69) is 5.10 Å². The molecule has 1 aromatic heterocycles. The molecule has 128 valence electrons. The van der Waals surface area contributed by atoms with E-state index in [4.69, 9.17) is 5.11 Å². The molecule has 8 heteroatoms. The molecular formula is C16H17F2N3O3. The van der Waals surface area contributed by atoms with Crippen molar-refractivity contribution in [1.29, 1.82) is 0 Å². The summed E-state index contributed by atoms with van der Waals surface area (Å²) < 4.78 is 28.7. The number of halogens is 2. The van der Waals surface area contributed by atoms with Crippen molar-refractivity contribution in [2.75, 3.05) is 6.54 Å². The summed E-state index contributed by atoms with van der Waals surface area (Å²) >= 11 is 0. The summed E-state index contributed by atoms with van der Waals surface area (Å²) in [6.45, 7) is 4.42. The van der Waals surface area contributed by atoms with Crippen molar-refractivity contribution in [2.24, 2.45) is 0 Å². The average molecular weight is 337 g/mol. The van der Waals surface area contributed by atoms with Crippen LogP contribution in [-0.2, 0) is 4.79 Å². The van der Waals surface area contributed by atoms with E-state index < -0.39 is 35.7 Å². The molecule has 1 N–H and O–H groups in total. The van der Waals surface area contributed by atoms with Gasteiger partial charge >= 0.3 is 5.97 Å². The maximum atomic E-state index is 13.9. The molecule has 0 bridgehead atoms. The number of aliphatic carboxylic acids is 1. The molecule has 0 saturated heterocycles. The normalized spacial score (nSPS) is 10.9. The maximum absolute atomic E-state index is 13.9. The highest BCUT2D eigenvalue weighted by Crippen LogP contribution is 2.20. The standard InChI is InChI=1S/C16H17F2N3O3/c1-9(2)20(8-13(22)23)16(24)14-10(3)7-21(19-14)15-11(17)5-4-6-12(15)18/h4-7,9H,8H2,1-3H3,(H,22,23). The van der Waals surface area contributed by atoms with E-state index >= 15 is 0 Å². The van der Waals surface area contributed by atoms with Crippen molar-refractivity contribution in [3.05, 3.63) is 47.3 Å². The third-order valence-electron chi connectivity index (χ3n) is 3.46. The highest BCUT2D eigenvalue weighted by molar-refractivity contribution is 5.95. The lowest BCUT2D eigenvalue weighted by atomic mass is 10.2. The van der Waals surface area contributed by atoms with Crippen LogP contribution in [0.1, 0.15) is 29.9 Å². The van der Waals surface area contributed by atoms with E-state index in [-0.39, 0.29) is 11.7 Å². The van der Waals surface area contributed by atoms with E-state index in [1.807, 2.05) is 0 Å². The van der Waals surface area contributed by atoms with Gasteiger partial charge in [-0.1, -0.05) is 6.07 Å². The van der Waals surface area contributed by atoms with Gasteiger partial charge in [0.25, 0.3) is 5.91 Å². The number of hydrogen-bond donors (Lipinski definition) is 1. The lowest BCUT2D eigenvalue weighted by Crippen LogP contribution is -2.41. The van der Waals surface area contributed by atoms with Crippen LogP contribution in [0.15, 0.2) is 24.4 Å². The minimum atomic E-state index is -1.16. The molecule has 0 fully saturated rings. The number of benzene rings is 1. The van der Waals surface area contributed by atoms with Gasteiger partial charge in [-0.2, -0.15) is 5.10 Å². The minimum absolute atomic E-state index is 0.0485. The summed E-state index contributed by atoms with van der Waals surface area (Å²) in [4.78, 5) is 24.6. The third-order valence-corrected chi connectivity index (χ3v) is 3.46. The number of carbonyl (C=O) groups excluding carboxylic acids is 1. The predicted octanol–water partition coefficient (Wildman–Crippen LogP) is 2.39. The average Bonchev–Trinajstić information content (AvgIpc) is 2.85. The fourth-order valence-electron chi connectivity index (χ4n) is 2.26. The van der Waals surface area contributed by atoms with Crippen LogP contribution in [0.3, 0.4) is 0 Å². The van der Waals surface area contributed by atoms with Crippen molar-refractivity contribution in [1.82, 2.24) is 14.7 Å². The van der Waals surface area contributed by atoms with Crippen LogP contribution >= 0.6 is 0 Å². The van der Waals surface area contributed by atoms with Gasteiger partial charge in [0.05, 0.1) is 0 Å². The fraction of sp³-hybridized carbons (Fsp3) is 0.312. The first kappa shape index (κ1) is 17.6. The molecule has 24 heavy (non-hydrogen) atoms. The third kappa shape index (κ3) is 3.42. The summed E-state index contributed by atoms with van der Waals surface area (Å²) in [5.41, 5.74) is -0.0553. The summed E-state index contributed by atoms with van der Waals surface area (Å²) in [7, 11) is 0. The quantitative estimate of drug-likeness (QED) is 0.909. The molecule has 0 atom stereocenters. The Balaban J connectivity index is 2.45. The highest BCUT2D eigenvalue weighted by Gasteiger charge is 2.26. The molecule has 6 nitrogen and oxygen atoms in total. The highest BCUT2D eigenvalue weighted by atomic mass is 19.1. The van der Waals surface area contributed by atoms with E-state index in [0.29, 0.717) is 5.56 Å². The van der Waals surface area contributed by atoms with Crippen LogP contribution in [0, 0.1) is 18.6 Å². The van der Waals surface area contributed by atoms with Gasteiger partial charge in [-0.05, 0) is 32.9 Å². The minimum Gasteiger partial charge on any atom is -0.480 e. The number of carboxylic acids is 1. The Morgan fingerprint density at radius 2 is 1.88 bits per heavy atom. The van der Waals surface area contributed by atoms with Crippen molar-refractivity contribution in [3.8, 4) is 5.69 Å². The molecule has 1 aromatic carbocycles. The Kier molecular flexibility index (Phi) is 4.96.